The van der Waals surface area contributed by atoms with E-state index in [2.05, 4.69) is 58.5 Å². The number of carbonyl (C=O) groups is 2. The van der Waals surface area contributed by atoms with Crippen LogP contribution in [0, 0.1) is 11.3 Å². The summed E-state index contributed by atoms with van der Waals surface area (Å²) in [6.07, 6.45) is 8.14. The Morgan fingerprint density at radius 3 is 2.78 bits per heavy atom. The second-order valence-electron chi connectivity index (χ2n) is 13.0. The lowest BCUT2D eigenvalue weighted by atomic mass is 9.82. The Kier molecular flexibility index (Phi) is 9.48. The van der Waals surface area contributed by atoms with Crippen molar-refractivity contribution in [2.45, 2.75) is 77.7 Å². The van der Waals surface area contributed by atoms with Crippen molar-refractivity contribution in [3.8, 4) is 0 Å². The zero-order valence-corrected chi connectivity index (χ0v) is 24.8. The number of rotatable bonds is 10. The molecular formula is C33H47N5O3. The number of aryl methyl sites for hydroxylation is 2. The first kappa shape index (κ1) is 29.4. The molecule has 1 aromatic heterocycles. The van der Waals surface area contributed by atoms with E-state index in [1.165, 1.54) is 12.0 Å². The first-order chi connectivity index (χ1) is 19.8. The first-order valence-corrected chi connectivity index (χ1v) is 15.6. The van der Waals surface area contributed by atoms with Gasteiger partial charge in [-0.05, 0) is 99.2 Å². The molecule has 2 saturated heterocycles. The van der Waals surface area contributed by atoms with Gasteiger partial charge >= 0.3 is 5.97 Å². The summed E-state index contributed by atoms with van der Waals surface area (Å²) in [6, 6.07) is 11.9. The van der Waals surface area contributed by atoms with E-state index in [0.717, 1.165) is 100 Å². The van der Waals surface area contributed by atoms with Crippen molar-refractivity contribution >= 4 is 23.4 Å². The van der Waals surface area contributed by atoms with Crippen LogP contribution >= 0.6 is 0 Å². The molecule has 0 radical (unpaired) electrons. The summed E-state index contributed by atoms with van der Waals surface area (Å²) in [5.74, 6) is -0.0198. The molecule has 3 aliphatic heterocycles. The molecule has 1 unspecified atom stereocenters. The number of hydrogen-bond donors (Lipinski definition) is 3. The van der Waals surface area contributed by atoms with Crippen molar-refractivity contribution in [3.63, 3.8) is 0 Å². The lowest BCUT2D eigenvalue weighted by molar-refractivity contribution is -0.138. The number of pyridine rings is 1. The highest BCUT2D eigenvalue weighted by molar-refractivity contribution is 5.80. The molecule has 3 N–H and O–H groups in total. The summed E-state index contributed by atoms with van der Waals surface area (Å²) < 4.78 is 0. The first-order valence-electron chi connectivity index (χ1n) is 15.6. The predicted molar refractivity (Wildman–Crippen MR) is 163 cm³/mol. The van der Waals surface area contributed by atoms with Crippen molar-refractivity contribution in [2.75, 3.05) is 49.5 Å². The van der Waals surface area contributed by atoms with Crippen molar-refractivity contribution in [2.24, 2.45) is 11.3 Å². The van der Waals surface area contributed by atoms with E-state index in [1.807, 2.05) is 12.1 Å². The molecule has 1 amide bonds. The third-order valence-electron chi connectivity index (χ3n) is 9.19. The number of nitrogens with one attached hydrogen (secondary N) is 2. The Morgan fingerprint density at radius 1 is 1.15 bits per heavy atom. The van der Waals surface area contributed by atoms with Crippen LogP contribution in [-0.4, -0.2) is 66.1 Å². The Balaban J connectivity index is 1.16. The van der Waals surface area contributed by atoms with Crippen LogP contribution in [-0.2, 0) is 22.4 Å². The van der Waals surface area contributed by atoms with Crippen LogP contribution in [0.2, 0.25) is 0 Å². The molecule has 5 rings (SSSR count). The number of carboxylic acid groups (broad SMARTS) is 1. The maximum Gasteiger partial charge on any atom is 0.305 e. The lowest BCUT2D eigenvalue weighted by Crippen LogP contribution is -2.44. The second-order valence-corrected chi connectivity index (χ2v) is 13.0. The number of carboxylic acids is 1. The molecule has 3 aliphatic rings. The summed E-state index contributed by atoms with van der Waals surface area (Å²) in [5, 5.41) is 16.2. The average molecular weight is 562 g/mol. The van der Waals surface area contributed by atoms with Gasteiger partial charge in [0.25, 0.3) is 0 Å². The summed E-state index contributed by atoms with van der Waals surface area (Å²) in [6.45, 7) is 10.3. The molecule has 41 heavy (non-hydrogen) atoms. The number of nitrogens with zero attached hydrogens (tertiary/aromatic N) is 3. The highest BCUT2D eigenvalue weighted by atomic mass is 16.4. The summed E-state index contributed by atoms with van der Waals surface area (Å²) in [4.78, 5) is 34.8. The number of aromatic nitrogens is 1. The molecule has 8 heteroatoms. The second kappa shape index (κ2) is 13.2. The fourth-order valence-electron chi connectivity index (χ4n) is 6.49. The number of hydrogen-bond acceptors (Lipinski definition) is 6. The van der Waals surface area contributed by atoms with Gasteiger partial charge < -0.3 is 25.5 Å². The van der Waals surface area contributed by atoms with Gasteiger partial charge in [0.15, 0.2) is 0 Å². The van der Waals surface area contributed by atoms with E-state index in [1.54, 1.807) is 0 Å². The van der Waals surface area contributed by atoms with E-state index >= 15 is 0 Å². The Labute approximate surface area is 244 Å². The zero-order chi connectivity index (χ0) is 28.8. The number of likely N-dealkylation sites (tertiary alicyclic amines) is 1. The maximum atomic E-state index is 13.4. The van der Waals surface area contributed by atoms with Crippen molar-refractivity contribution in [1.82, 2.24) is 15.2 Å². The standard InChI is InChI=1S/C33H47N5O3/c1-33(2)14-19-38(20-15-33)28-11-3-7-25(21-28)29(22-30(39)40)36-32(41)26-9-5-17-37(23-26)18-6-10-27-13-12-24-8-4-16-34-31(24)35-27/h3,7,11-13,21,26,29H,4-6,8-10,14-20,22-23H2,1-2H3,(H,34,35)(H,36,41)(H,39,40)/t26-,29?/m1/s1. The van der Waals surface area contributed by atoms with E-state index in [-0.39, 0.29) is 18.2 Å². The molecule has 4 heterocycles. The predicted octanol–water partition coefficient (Wildman–Crippen LogP) is 5.04. The Morgan fingerprint density at radius 2 is 1.98 bits per heavy atom. The molecule has 2 fully saturated rings. The molecule has 0 saturated carbocycles. The van der Waals surface area contributed by atoms with Crippen molar-refractivity contribution < 1.29 is 14.7 Å². The van der Waals surface area contributed by atoms with Gasteiger partial charge in [0.05, 0.1) is 18.4 Å². The van der Waals surface area contributed by atoms with E-state index in [4.69, 9.17) is 4.98 Å². The van der Waals surface area contributed by atoms with Crippen LogP contribution in [0.5, 0.6) is 0 Å². The fourth-order valence-corrected chi connectivity index (χ4v) is 6.49. The third-order valence-corrected chi connectivity index (χ3v) is 9.19. The highest BCUT2D eigenvalue weighted by Gasteiger charge is 2.29. The quantitative estimate of drug-likeness (QED) is 0.374. The fraction of sp³-hybridized carbons (Fsp3) is 0.606. The van der Waals surface area contributed by atoms with Crippen molar-refractivity contribution in [1.29, 1.82) is 0 Å². The minimum Gasteiger partial charge on any atom is -0.481 e. The van der Waals surface area contributed by atoms with Crippen LogP contribution in [0.4, 0.5) is 11.5 Å². The van der Waals surface area contributed by atoms with E-state index < -0.39 is 12.0 Å². The number of amides is 1. The zero-order valence-electron chi connectivity index (χ0n) is 24.8. The van der Waals surface area contributed by atoms with Crippen LogP contribution in [0.3, 0.4) is 0 Å². The molecule has 0 bridgehead atoms. The molecule has 1 aromatic carbocycles. The Hall–Kier alpha value is -3.13. The lowest BCUT2D eigenvalue weighted by Gasteiger charge is -2.38. The van der Waals surface area contributed by atoms with Crippen molar-refractivity contribution in [3.05, 3.63) is 53.2 Å². The van der Waals surface area contributed by atoms with Gasteiger partial charge in [-0.15, -0.1) is 0 Å². The van der Waals surface area contributed by atoms with Crippen LogP contribution < -0.4 is 15.5 Å². The topological polar surface area (TPSA) is 97.8 Å². The number of anilines is 2. The minimum atomic E-state index is -0.906. The van der Waals surface area contributed by atoms with Gasteiger partial charge in [0, 0.05) is 37.6 Å². The molecule has 2 aromatic rings. The van der Waals surface area contributed by atoms with E-state index in [0.29, 0.717) is 12.0 Å². The molecule has 8 nitrogen and oxygen atoms in total. The van der Waals surface area contributed by atoms with Crippen LogP contribution in [0.25, 0.3) is 0 Å². The molecule has 2 atom stereocenters. The molecular weight excluding hydrogens is 514 g/mol. The SMILES string of the molecule is CC1(C)CCN(c2cccc(C(CC(=O)O)NC(=O)[C@@H]3CCCN(CCCc4ccc5c(n4)NCCC5)C3)c2)CC1. The number of piperidine rings is 2. The number of carbonyl (C=O) groups excluding carboxylic acids is 1. The third kappa shape index (κ3) is 8.00. The minimum absolute atomic E-state index is 0.0338. The van der Waals surface area contributed by atoms with Gasteiger partial charge in [-0.25, -0.2) is 4.98 Å². The highest BCUT2D eigenvalue weighted by Crippen LogP contribution is 2.33. The smallest absolute Gasteiger partial charge is 0.305 e. The monoisotopic (exact) mass is 561 g/mol. The van der Waals surface area contributed by atoms with Crippen LogP contribution in [0.1, 0.15) is 81.7 Å². The number of fused-ring (bicyclic) bond motifs is 1. The molecule has 222 valence electrons. The maximum absolute atomic E-state index is 13.4. The summed E-state index contributed by atoms with van der Waals surface area (Å²) >= 11 is 0. The Bertz CT molecular complexity index is 1210. The van der Waals surface area contributed by atoms with E-state index in [9.17, 15) is 14.7 Å². The summed E-state index contributed by atoms with van der Waals surface area (Å²) in [7, 11) is 0. The number of benzene rings is 1. The van der Waals surface area contributed by atoms with Gasteiger partial charge in [-0.3, -0.25) is 9.59 Å². The van der Waals surface area contributed by atoms with Crippen LogP contribution in [0.15, 0.2) is 36.4 Å². The molecule has 0 spiro atoms. The van der Waals surface area contributed by atoms with Gasteiger partial charge in [0.1, 0.15) is 5.82 Å². The van der Waals surface area contributed by atoms with Gasteiger partial charge in [0.2, 0.25) is 5.91 Å². The normalized spacial score (nSPS) is 21.4. The molecule has 0 aliphatic carbocycles. The number of aliphatic carboxylic acids is 1. The van der Waals surface area contributed by atoms with Gasteiger partial charge in [-0.2, -0.15) is 0 Å². The van der Waals surface area contributed by atoms with Gasteiger partial charge in [-0.1, -0.05) is 32.0 Å². The largest absolute Gasteiger partial charge is 0.481 e. The summed E-state index contributed by atoms with van der Waals surface area (Å²) in [5.41, 5.74) is 4.76. The average Bonchev–Trinajstić information content (AvgIpc) is 2.97.